The van der Waals surface area contributed by atoms with Crippen molar-refractivity contribution >= 4 is 34.3 Å². The molecule has 25 heavy (non-hydrogen) atoms. The lowest BCUT2D eigenvalue weighted by atomic mass is 10.1. The van der Waals surface area contributed by atoms with Crippen LogP contribution in [0.2, 0.25) is 0 Å². The van der Waals surface area contributed by atoms with Crippen LogP contribution >= 0.6 is 11.9 Å². The van der Waals surface area contributed by atoms with Crippen LogP contribution in [0.5, 0.6) is 11.5 Å². The molecule has 0 saturated heterocycles. The van der Waals surface area contributed by atoms with Gasteiger partial charge in [0.05, 0.1) is 11.3 Å². The second-order valence-electron chi connectivity index (χ2n) is 5.38. The van der Waals surface area contributed by atoms with Crippen LogP contribution in [0.1, 0.15) is 12.5 Å². The first-order valence-corrected chi connectivity index (χ1v) is 8.20. The second kappa shape index (κ2) is 6.75. The maximum absolute atomic E-state index is 12.1. The van der Waals surface area contributed by atoms with Crippen LogP contribution in [-0.2, 0) is 4.79 Å². The summed E-state index contributed by atoms with van der Waals surface area (Å²) < 4.78 is 1.46. The lowest BCUT2D eigenvalue weighted by Gasteiger charge is -2.20. The molecule has 124 valence electrons. The van der Waals surface area contributed by atoms with E-state index in [1.54, 1.807) is 30.3 Å². The van der Waals surface area contributed by atoms with Crippen molar-refractivity contribution < 1.29 is 15.0 Å². The molecule has 0 aliphatic rings. The Morgan fingerprint density at radius 1 is 1.04 bits per heavy atom. The Bertz CT molecular complexity index is 1010. The number of benzene rings is 3. The van der Waals surface area contributed by atoms with Gasteiger partial charge in [0.2, 0.25) is 5.91 Å². The molecule has 0 unspecified atom stereocenters. The number of aromatic hydroxyl groups is 2. The van der Waals surface area contributed by atoms with Gasteiger partial charge >= 0.3 is 0 Å². The smallest absolute Gasteiger partial charge is 0.234 e. The monoisotopic (exact) mass is 350 g/mol. The summed E-state index contributed by atoms with van der Waals surface area (Å²) in [6.07, 6.45) is 0. The minimum Gasteiger partial charge on any atom is -0.504 e. The van der Waals surface area contributed by atoms with Gasteiger partial charge in [0.25, 0.3) is 0 Å². The largest absolute Gasteiger partial charge is 0.504 e. The van der Waals surface area contributed by atoms with E-state index >= 15 is 0 Å². The fourth-order valence-electron chi connectivity index (χ4n) is 2.44. The van der Waals surface area contributed by atoms with Crippen molar-refractivity contribution in [1.29, 1.82) is 5.26 Å². The summed E-state index contributed by atoms with van der Waals surface area (Å²) in [7, 11) is 0. The summed E-state index contributed by atoms with van der Waals surface area (Å²) in [4.78, 5) is 12.9. The van der Waals surface area contributed by atoms with Crippen LogP contribution < -0.4 is 4.31 Å². The highest BCUT2D eigenvalue weighted by Crippen LogP contribution is 2.35. The van der Waals surface area contributed by atoms with Gasteiger partial charge in [-0.2, -0.15) is 5.26 Å². The molecule has 0 aliphatic carbocycles. The van der Waals surface area contributed by atoms with Crippen molar-refractivity contribution in [2.24, 2.45) is 0 Å². The van der Waals surface area contributed by atoms with Crippen molar-refractivity contribution in [3.8, 4) is 17.6 Å². The van der Waals surface area contributed by atoms with Crippen molar-refractivity contribution in [1.82, 2.24) is 0 Å². The van der Waals surface area contributed by atoms with E-state index in [9.17, 15) is 20.3 Å². The van der Waals surface area contributed by atoms with Gasteiger partial charge in [-0.25, -0.2) is 4.31 Å². The van der Waals surface area contributed by atoms with Crippen LogP contribution in [0, 0.1) is 11.3 Å². The third-order valence-electron chi connectivity index (χ3n) is 3.63. The lowest BCUT2D eigenvalue weighted by Crippen LogP contribution is -2.21. The number of amides is 1. The molecule has 5 nitrogen and oxygen atoms in total. The normalized spacial score (nSPS) is 10.4. The van der Waals surface area contributed by atoms with Gasteiger partial charge in [0.15, 0.2) is 11.5 Å². The number of para-hydroxylation sites is 1. The SMILES string of the molecule is CC(=O)N(Sc1ccc2cc(O)c(O)cc2c1)c1ccccc1C#N. The Balaban J connectivity index is 2.01. The van der Waals surface area contributed by atoms with Gasteiger partial charge in [-0.15, -0.1) is 0 Å². The summed E-state index contributed by atoms with van der Waals surface area (Å²) in [5.41, 5.74) is 0.935. The van der Waals surface area contributed by atoms with E-state index < -0.39 is 0 Å². The van der Waals surface area contributed by atoms with E-state index in [-0.39, 0.29) is 17.4 Å². The minimum atomic E-state index is -0.207. The summed E-state index contributed by atoms with van der Waals surface area (Å²) in [5, 5.41) is 30.0. The average Bonchev–Trinajstić information content (AvgIpc) is 2.60. The van der Waals surface area contributed by atoms with E-state index in [4.69, 9.17) is 0 Å². The molecule has 0 atom stereocenters. The topological polar surface area (TPSA) is 84.6 Å². The Labute approximate surface area is 148 Å². The predicted molar refractivity (Wildman–Crippen MR) is 97.5 cm³/mol. The number of phenols is 2. The zero-order valence-electron chi connectivity index (χ0n) is 13.3. The molecule has 0 radical (unpaired) electrons. The van der Waals surface area contributed by atoms with Crippen molar-refractivity contribution in [2.45, 2.75) is 11.8 Å². The van der Waals surface area contributed by atoms with E-state index in [1.165, 1.54) is 35.3 Å². The maximum atomic E-state index is 12.1. The maximum Gasteiger partial charge on any atom is 0.234 e. The third-order valence-corrected chi connectivity index (χ3v) is 4.73. The Morgan fingerprint density at radius 2 is 1.72 bits per heavy atom. The number of hydrogen-bond acceptors (Lipinski definition) is 5. The van der Waals surface area contributed by atoms with Crippen LogP contribution in [0.25, 0.3) is 10.8 Å². The van der Waals surface area contributed by atoms with E-state index in [1.807, 2.05) is 12.1 Å². The standard InChI is InChI=1S/C19H14N2O3S/c1-12(22)21(17-5-3-2-4-14(17)11-20)25-16-7-6-13-9-18(23)19(24)10-15(13)8-16/h2-10,23-24H,1H3. The minimum absolute atomic E-state index is 0.179. The summed E-state index contributed by atoms with van der Waals surface area (Å²) in [5.74, 6) is -0.588. The average molecular weight is 350 g/mol. The predicted octanol–water partition coefficient (Wildman–Crippen LogP) is 4.18. The molecular formula is C19H14N2O3S. The van der Waals surface area contributed by atoms with Gasteiger partial charge in [-0.3, -0.25) is 4.79 Å². The molecule has 3 rings (SSSR count). The number of phenolic OH excluding ortho intramolecular Hbond substituents is 2. The summed E-state index contributed by atoms with van der Waals surface area (Å²) >= 11 is 1.19. The first kappa shape index (κ1) is 16.7. The number of hydrogen-bond donors (Lipinski definition) is 2. The zero-order valence-corrected chi connectivity index (χ0v) is 14.1. The Morgan fingerprint density at radius 3 is 2.40 bits per heavy atom. The fraction of sp³-hybridized carbons (Fsp3) is 0.0526. The third kappa shape index (κ3) is 3.37. The Hall–Kier alpha value is -3.17. The van der Waals surface area contributed by atoms with Gasteiger partial charge in [-0.1, -0.05) is 18.2 Å². The lowest BCUT2D eigenvalue weighted by molar-refractivity contribution is -0.115. The van der Waals surface area contributed by atoms with E-state index in [0.717, 1.165) is 15.7 Å². The van der Waals surface area contributed by atoms with E-state index in [0.29, 0.717) is 11.3 Å². The molecule has 2 N–H and O–H groups in total. The fourth-order valence-corrected chi connectivity index (χ4v) is 3.35. The number of nitriles is 1. The molecule has 0 bridgehead atoms. The molecule has 3 aromatic carbocycles. The zero-order chi connectivity index (χ0) is 18.0. The van der Waals surface area contributed by atoms with Crippen LogP contribution in [0.4, 0.5) is 5.69 Å². The van der Waals surface area contributed by atoms with Gasteiger partial charge < -0.3 is 10.2 Å². The van der Waals surface area contributed by atoms with Crippen LogP contribution in [0.3, 0.4) is 0 Å². The van der Waals surface area contributed by atoms with Gasteiger partial charge in [-0.05, 0) is 59.1 Å². The number of carbonyl (C=O) groups excluding carboxylic acids is 1. The number of anilines is 1. The molecule has 0 aliphatic heterocycles. The van der Waals surface area contributed by atoms with Crippen molar-refractivity contribution in [2.75, 3.05) is 4.31 Å². The first-order chi connectivity index (χ1) is 12.0. The van der Waals surface area contributed by atoms with Gasteiger partial charge in [0.1, 0.15) is 6.07 Å². The number of fused-ring (bicyclic) bond motifs is 1. The number of rotatable bonds is 3. The second-order valence-corrected chi connectivity index (χ2v) is 6.40. The van der Waals surface area contributed by atoms with Gasteiger partial charge in [0, 0.05) is 11.8 Å². The number of nitrogens with zero attached hydrogens (tertiary/aromatic N) is 2. The van der Waals surface area contributed by atoms with Crippen LogP contribution in [-0.4, -0.2) is 16.1 Å². The van der Waals surface area contributed by atoms with E-state index in [2.05, 4.69) is 6.07 Å². The molecule has 6 heteroatoms. The molecule has 3 aromatic rings. The summed E-state index contributed by atoms with van der Waals surface area (Å²) in [6.45, 7) is 1.44. The molecular weight excluding hydrogens is 336 g/mol. The van der Waals surface area contributed by atoms with Crippen molar-refractivity contribution in [3.05, 3.63) is 60.2 Å². The molecule has 0 spiro atoms. The highest BCUT2D eigenvalue weighted by Gasteiger charge is 2.17. The van der Waals surface area contributed by atoms with Crippen LogP contribution in [0.15, 0.2) is 59.5 Å². The quantitative estimate of drug-likeness (QED) is 0.547. The molecule has 0 saturated carbocycles. The Kier molecular flexibility index (Phi) is 4.50. The summed E-state index contributed by atoms with van der Waals surface area (Å²) in [6, 6.07) is 17.4. The first-order valence-electron chi connectivity index (χ1n) is 7.43. The molecule has 0 heterocycles. The molecule has 0 fully saturated rings. The van der Waals surface area contributed by atoms with Crippen molar-refractivity contribution in [3.63, 3.8) is 0 Å². The number of carbonyl (C=O) groups is 1. The highest BCUT2D eigenvalue weighted by atomic mass is 32.2. The highest BCUT2D eigenvalue weighted by molar-refractivity contribution is 8.01. The molecule has 1 amide bonds. The molecule has 0 aromatic heterocycles.